The maximum Gasteiger partial charge on any atom is 0.233 e. The molecule has 3 unspecified atom stereocenters. The predicted octanol–water partition coefficient (Wildman–Crippen LogP) is 3.38. The third-order valence-corrected chi connectivity index (χ3v) is 4.91. The molecule has 1 aliphatic carbocycles. The molecule has 4 nitrogen and oxygen atoms in total. The molecule has 1 aliphatic rings. The first-order chi connectivity index (χ1) is 9.12. The molecule has 0 bridgehead atoms. The molecule has 0 radical (unpaired) electrons. The Morgan fingerprint density at radius 1 is 1.37 bits per heavy atom. The molecule has 1 heterocycles. The predicted molar refractivity (Wildman–Crippen MR) is 76.0 cm³/mol. The van der Waals surface area contributed by atoms with Gasteiger partial charge in [0.05, 0.1) is 5.41 Å². The third kappa shape index (κ3) is 2.99. The second kappa shape index (κ2) is 6.04. The van der Waals surface area contributed by atoms with E-state index in [1.54, 1.807) is 0 Å². The van der Waals surface area contributed by atoms with Gasteiger partial charge in [0.15, 0.2) is 5.82 Å². The minimum atomic E-state index is -0.177. The molecule has 1 fully saturated rings. The largest absolute Gasteiger partial charge is 0.339 e. The Kier molecular flexibility index (Phi) is 4.61. The van der Waals surface area contributed by atoms with Crippen molar-refractivity contribution < 1.29 is 4.52 Å². The van der Waals surface area contributed by atoms with E-state index < -0.39 is 0 Å². The Morgan fingerprint density at radius 2 is 2.16 bits per heavy atom. The highest BCUT2D eigenvalue weighted by Crippen LogP contribution is 2.37. The maximum absolute atomic E-state index is 5.85. The number of aromatic nitrogens is 2. The molecule has 0 amide bonds. The van der Waals surface area contributed by atoms with Crippen LogP contribution in [0.25, 0.3) is 0 Å². The van der Waals surface area contributed by atoms with Gasteiger partial charge in [-0.1, -0.05) is 38.3 Å². The highest BCUT2D eigenvalue weighted by molar-refractivity contribution is 5.06. The number of hydrogen-bond donors (Lipinski definition) is 1. The van der Waals surface area contributed by atoms with Crippen LogP contribution in [0.15, 0.2) is 4.52 Å². The molecule has 0 aliphatic heterocycles. The van der Waals surface area contributed by atoms with Crippen molar-refractivity contribution in [1.82, 2.24) is 10.1 Å². The van der Waals surface area contributed by atoms with Crippen LogP contribution in [0.3, 0.4) is 0 Å². The van der Waals surface area contributed by atoms with Crippen LogP contribution in [0.4, 0.5) is 0 Å². The fraction of sp³-hybridized carbons (Fsp3) is 0.867. The van der Waals surface area contributed by atoms with Crippen LogP contribution in [-0.4, -0.2) is 16.7 Å². The number of hydrogen-bond acceptors (Lipinski definition) is 4. The fourth-order valence-corrected chi connectivity index (χ4v) is 2.93. The first kappa shape index (κ1) is 14.5. The highest BCUT2D eigenvalue weighted by atomic mass is 16.5. The van der Waals surface area contributed by atoms with Gasteiger partial charge in [-0.05, 0) is 32.1 Å². The van der Waals surface area contributed by atoms with E-state index in [1.165, 1.54) is 32.1 Å². The van der Waals surface area contributed by atoms with Crippen LogP contribution in [0.2, 0.25) is 0 Å². The van der Waals surface area contributed by atoms with Crippen LogP contribution < -0.4 is 5.73 Å². The van der Waals surface area contributed by atoms with Crippen molar-refractivity contribution in [1.29, 1.82) is 0 Å². The summed E-state index contributed by atoms with van der Waals surface area (Å²) in [5.41, 5.74) is 5.68. The Balaban J connectivity index is 2.12. The van der Waals surface area contributed by atoms with E-state index in [2.05, 4.69) is 30.9 Å². The van der Waals surface area contributed by atoms with Gasteiger partial charge in [0, 0.05) is 12.5 Å². The van der Waals surface area contributed by atoms with E-state index in [0.29, 0.717) is 18.4 Å². The molecule has 4 heteroatoms. The van der Waals surface area contributed by atoms with Crippen LogP contribution in [-0.2, 0) is 5.41 Å². The van der Waals surface area contributed by atoms with Gasteiger partial charge < -0.3 is 10.3 Å². The molecule has 3 atom stereocenters. The summed E-state index contributed by atoms with van der Waals surface area (Å²) in [4.78, 5) is 4.66. The average Bonchev–Trinajstić information content (AvgIpc) is 2.97. The number of nitrogens with two attached hydrogens (primary N) is 1. The topological polar surface area (TPSA) is 64.9 Å². The molecule has 2 rings (SSSR count). The lowest BCUT2D eigenvalue weighted by Crippen LogP contribution is -2.31. The Hall–Kier alpha value is -0.900. The number of rotatable bonds is 5. The molecular formula is C15H27N3O. The van der Waals surface area contributed by atoms with Crippen molar-refractivity contribution in [2.24, 2.45) is 11.7 Å². The monoisotopic (exact) mass is 265 g/mol. The first-order valence-electron chi connectivity index (χ1n) is 7.67. The van der Waals surface area contributed by atoms with Crippen molar-refractivity contribution in [3.05, 3.63) is 11.7 Å². The van der Waals surface area contributed by atoms with E-state index in [9.17, 15) is 0 Å². The van der Waals surface area contributed by atoms with Gasteiger partial charge in [-0.15, -0.1) is 0 Å². The quantitative estimate of drug-likeness (QED) is 0.886. The summed E-state index contributed by atoms with van der Waals surface area (Å²) in [6, 6.07) is 0. The van der Waals surface area contributed by atoms with Gasteiger partial charge >= 0.3 is 0 Å². The van der Waals surface area contributed by atoms with Gasteiger partial charge in [-0.25, -0.2) is 0 Å². The zero-order chi connectivity index (χ0) is 13.9. The van der Waals surface area contributed by atoms with E-state index in [0.717, 1.165) is 18.2 Å². The normalized spacial score (nSPS) is 27.2. The first-order valence-corrected chi connectivity index (χ1v) is 7.67. The van der Waals surface area contributed by atoms with Gasteiger partial charge in [0.2, 0.25) is 5.89 Å². The van der Waals surface area contributed by atoms with Crippen molar-refractivity contribution in [3.8, 4) is 0 Å². The summed E-state index contributed by atoms with van der Waals surface area (Å²) < 4.78 is 5.49. The molecule has 0 aromatic carbocycles. The van der Waals surface area contributed by atoms with Gasteiger partial charge in [-0.2, -0.15) is 4.98 Å². The summed E-state index contributed by atoms with van der Waals surface area (Å²) in [6.45, 7) is 7.04. The molecule has 0 saturated heterocycles. The zero-order valence-corrected chi connectivity index (χ0v) is 12.5. The van der Waals surface area contributed by atoms with Crippen molar-refractivity contribution in [3.63, 3.8) is 0 Å². The average molecular weight is 265 g/mol. The van der Waals surface area contributed by atoms with E-state index in [4.69, 9.17) is 10.3 Å². The van der Waals surface area contributed by atoms with E-state index >= 15 is 0 Å². The highest BCUT2D eigenvalue weighted by Gasteiger charge is 2.32. The molecule has 1 saturated carbocycles. The molecular weight excluding hydrogens is 238 g/mol. The lowest BCUT2D eigenvalue weighted by Gasteiger charge is -2.26. The lowest BCUT2D eigenvalue weighted by molar-refractivity contribution is 0.279. The summed E-state index contributed by atoms with van der Waals surface area (Å²) >= 11 is 0. The Bertz CT molecular complexity index is 398. The SMILES string of the molecule is CCC1CCCC(c2noc(C(C)(CC)CN)n2)C1. The van der Waals surface area contributed by atoms with Gasteiger partial charge in [0.25, 0.3) is 0 Å². The maximum atomic E-state index is 5.85. The summed E-state index contributed by atoms with van der Waals surface area (Å²) in [7, 11) is 0. The second-order valence-corrected chi connectivity index (χ2v) is 6.21. The fourth-order valence-electron chi connectivity index (χ4n) is 2.93. The summed E-state index contributed by atoms with van der Waals surface area (Å²) in [5.74, 6) is 2.93. The van der Waals surface area contributed by atoms with E-state index in [-0.39, 0.29) is 5.41 Å². The Morgan fingerprint density at radius 3 is 2.79 bits per heavy atom. The minimum Gasteiger partial charge on any atom is -0.339 e. The third-order valence-electron chi connectivity index (χ3n) is 4.91. The Labute approximate surface area is 116 Å². The molecule has 2 N–H and O–H groups in total. The van der Waals surface area contributed by atoms with Gasteiger partial charge in [-0.3, -0.25) is 0 Å². The van der Waals surface area contributed by atoms with Crippen LogP contribution in [0.5, 0.6) is 0 Å². The van der Waals surface area contributed by atoms with Crippen molar-refractivity contribution >= 4 is 0 Å². The smallest absolute Gasteiger partial charge is 0.233 e. The van der Waals surface area contributed by atoms with Crippen molar-refractivity contribution in [2.75, 3.05) is 6.54 Å². The molecule has 19 heavy (non-hydrogen) atoms. The van der Waals surface area contributed by atoms with E-state index in [1.807, 2.05) is 0 Å². The molecule has 0 spiro atoms. The zero-order valence-electron chi connectivity index (χ0n) is 12.5. The van der Waals surface area contributed by atoms with Gasteiger partial charge in [0.1, 0.15) is 0 Å². The molecule has 1 aromatic rings. The van der Waals surface area contributed by atoms with Crippen LogP contribution in [0.1, 0.15) is 76.9 Å². The molecule has 108 valence electrons. The van der Waals surface area contributed by atoms with Crippen molar-refractivity contribution in [2.45, 2.75) is 70.6 Å². The lowest BCUT2D eigenvalue weighted by atomic mass is 9.80. The summed E-state index contributed by atoms with van der Waals surface area (Å²) in [6.07, 6.45) is 7.23. The second-order valence-electron chi connectivity index (χ2n) is 6.21. The molecule has 1 aromatic heterocycles. The van der Waals surface area contributed by atoms with Crippen LogP contribution >= 0.6 is 0 Å². The minimum absolute atomic E-state index is 0.177. The number of nitrogens with zero attached hydrogens (tertiary/aromatic N) is 2. The van der Waals surface area contributed by atoms with Crippen LogP contribution in [0, 0.1) is 5.92 Å². The summed E-state index contributed by atoms with van der Waals surface area (Å²) in [5, 5.41) is 4.23. The standard InChI is InChI=1S/C15H27N3O/c1-4-11-7-6-8-12(9-11)13-17-14(19-18-13)15(3,5-2)10-16/h11-12H,4-10,16H2,1-3H3.